The summed E-state index contributed by atoms with van der Waals surface area (Å²) in [5.74, 6) is -0.416. The highest BCUT2D eigenvalue weighted by molar-refractivity contribution is 6.42. The van der Waals surface area contributed by atoms with E-state index >= 15 is 0 Å². The van der Waals surface area contributed by atoms with Crippen LogP contribution >= 0.6 is 23.2 Å². The van der Waals surface area contributed by atoms with Crippen LogP contribution in [0.4, 0.5) is 17.1 Å². The number of aromatic hydroxyl groups is 1. The molecule has 160 valence electrons. The average molecular weight is 473 g/mol. The lowest BCUT2D eigenvalue weighted by atomic mass is 10.1. The third-order valence-corrected chi connectivity index (χ3v) is 5.14. The predicted molar refractivity (Wildman–Crippen MR) is 118 cm³/mol. The number of benzene rings is 3. The van der Waals surface area contributed by atoms with Crippen LogP contribution in [0, 0.1) is 20.2 Å². The van der Waals surface area contributed by atoms with Crippen LogP contribution in [0.25, 0.3) is 22.6 Å². The molecule has 4 rings (SSSR count). The van der Waals surface area contributed by atoms with Crippen LogP contribution < -0.4 is 0 Å². The summed E-state index contributed by atoms with van der Waals surface area (Å²) in [6.45, 7) is 0. The topological polar surface area (TPSA) is 145 Å². The van der Waals surface area contributed by atoms with Crippen molar-refractivity contribution in [2.75, 3.05) is 0 Å². The fourth-order valence-electron chi connectivity index (χ4n) is 2.86. The van der Waals surface area contributed by atoms with Gasteiger partial charge in [-0.3, -0.25) is 25.2 Å². The Morgan fingerprint density at radius 1 is 1.00 bits per heavy atom. The van der Waals surface area contributed by atoms with Gasteiger partial charge in [0.15, 0.2) is 5.58 Å². The molecule has 3 aromatic carbocycles. The molecule has 4 aromatic rings. The van der Waals surface area contributed by atoms with E-state index in [4.69, 9.17) is 27.6 Å². The highest BCUT2D eigenvalue weighted by Crippen LogP contribution is 2.34. The van der Waals surface area contributed by atoms with Gasteiger partial charge in [0.1, 0.15) is 5.52 Å². The number of phenolic OH excluding ortho intramolecular Hbond substituents is 1. The molecule has 0 unspecified atom stereocenters. The Kier molecular flexibility index (Phi) is 5.47. The first-order valence-corrected chi connectivity index (χ1v) is 9.54. The van der Waals surface area contributed by atoms with Crippen molar-refractivity contribution in [3.63, 3.8) is 0 Å². The van der Waals surface area contributed by atoms with Crippen molar-refractivity contribution in [2.45, 2.75) is 0 Å². The van der Waals surface area contributed by atoms with E-state index < -0.39 is 27.0 Å². The van der Waals surface area contributed by atoms with E-state index in [-0.39, 0.29) is 5.56 Å². The molecule has 10 nitrogen and oxygen atoms in total. The van der Waals surface area contributed by atoms with E-state index in [2.05, 4.69) is 9.98 Å². The van der Waals surface area contributed by atoms with Gasteiger partial charge in [-0.25, -0.2) is 4.98 Å². The van der Waals surface area contributed by atoms with Crippen LogP contribution in [-0.4, -0.2) is 26.2 Å². The normalized spacial score (nSPS) is 11.3. The number of nitro groups is 2. The van der Waals surface area contributed by atoms with Crippen molar-refractivity contribution in [1.29, 1.82) is 0 Å². The van der Waals surface area contributed by atoms with Crippen molar-refractivity contribution < 1.29 is 19.4 Å². The molecule has 1 aromatic heterocycles. The number of halogens is 2. The molecule has 1 N–H and O–H groups in total. The molecule has 0 bridgehead atoms. The fourth-order valence-corrected chi connectivity index (χ4v) is 3.16. The van der Waals surface area contributed by atoms with Gasteiger partial charge in [0.05, 0.1) is 31.6 Å². The first-order chi connectivity index (χ1) is 15.2. The summed E-state index contributed by atoms with van der Waals surface area (Å²) in [5, 5.41) is 32.9. The van der Waals surface area contributed by atoms with Gasteiger partial charge in [-0.15, -0.1) is 0 Å². The maximum Gasteiger partial charge on any atom is 0.318 e. The third-order valence-electron chi connectivity index (χ3n) is 4.40. The Morgan fingerprint density at radius 3 is 2.47 bits per heavy atom. The first-order valence-electron chi connectivity index (χ1n) is 8.79. The Balaban J connectivity index is 1.70. The molecular formula is C20H10Cl2N4O6. The van der Waals surface area contributed by atoms with Crippen molar-refractivity contribution in [3.8, 4) is 17.2 Å². The van der Waals surface area contributed by atoms with Crippen LogP contribution in [0.5, 0.6) is 5.75 Å². The van der Waals surface area contributed by atoms with E-state index in [1.807, 2.05) is 0 Å². The van der Waals surface area contributed by atoms with Gasteiger partial charge in [0.25, 0.3) is 5.69 Å². The first kappa shape index (κ1) is 21.2. The second-order valence-electron chi connectivity index (χ2n) is 6.48. The number of aromatic nitrogens is 1. The average Bonchev–Trinajstić information content (AvgIpc) is 3.18. The maximum atomic E-state index is 11.1. The van der Waals surface area contributed by atoms with Crippen LogP contribution in [-0.2, 0) is 0 Å². The van der Waals surface area contributed by atoms with Gasteiger partial charge < -0.3 is 9.52 Å². The van der Waals surface area contributed by atoms with Crippen LogP contribution in [0.15, 0.2) is 57.9 Å². The van der Waals surface area contributed by atoms with Gasteiger partial charge in [-0.05, 0) is 36.4 Å². The number of aliphatic imine (C=N–C) groups is 1. The smallest absolute Gasteiger partial charge is 0.318 e. The maximum absolute atomic E-state index is 11.1. The summed E-state index contributed by atoms with van der Waals surface area (Å²) in [6, 6.07) is 11.4. The van der Waals surface area contributed by atoms with E-state index in [1.54, 1.807) is 36.4 Å². The summed E-state index contributed by atoms with van der Waals surface area (Å²) in [5.41, 5.74) is 0.416. The molecule has 0 aliphatic carbocycles. The minimum atomic E-state index is -0.911. The third kappa shape index (κ3) is 4.09. The summed E-state index contributed by atoms with van der Waals surface area (Å²) < 4.78 is 5.72. The number of hydrogen-bond donors (Lipinski definition) is 1. The van der Waals surface area contributed by atoms with Gasteiger partial charge in [-0.2, -0.15) is 0 Å². The Morgan fingerprint density at radius 2 is 1.78 bits per heavy atom. The zero-order valence-corrected chi connectivity index (χ0v) is 17.2. The molecule has 32 heavy (non-hydrogen) atoms. The molecule has 0 spiro atoms. The second kappa shape index (κ2) is 8.25. The summed E-state index contributed by atoms with van der Waals surface area (Å²) in [7, 11) is 0. The monoisotopic (exact) mass is 472 g/mol. The van der Waals surface area contributed by atoms with E-state index in [0.717, 1.165) is 12.3 Å². The lowest BCUT2D eigenvalue weighted by Crippen LogP contribution is -1.96. The Labute approximate surface area is 188 Å². The molecule has 0 aliphatic heterocycles. The number of phenols is 1. The van der Waals surface area contributed by atoms with E-state index in [0.29, 0.717) is 44.4 Å². The minimum Gasteiger partial charge on any atom is -0.502 e. The summed E-state index contributed by atoms with van der Waals surface area (Å²) in [6.07, 6.45) is 1.09. The van der Waals surface area contributed by atoms with Gasteiger partial charge in [0.2, 0.25) is 11.6 Å². The number of fused-ring (bicyclic) bond motifs is 1. The molecule has 1 heterocycles. The van der Waals surface area contributed by atoms with Gasteiger partial charge >= 0.3 is 5.69 Å². The highest BCUT2D eigenvalue weighted by atomic mass is 35.5. The van der Waals surface area contributed by atoms with Gasteiger partial charge in [-0.1, -0.05) is 23.2 Å². The second-order valence-corrected chi connectivity index (χ2v) is 7.29. The largest absolute Gasteiger partial charge is 0.502 e. The van der Waals surface area contributed by atoms with Crippen molar-refractivity contribution >= 4 is 57.6 Å². The molecule has 0 aliphatic rings. The highest BCUT2D eigenvalue weighted by Gasteiger charge is 2.23. The lowest BCUT2D eigenvalue weighted by molar-refractivity contribution is -0.394. The number of oxazole rings is 1. The number of hydrogen-bond acceptors (Lipinski definition) is 8. The van der Waals surface area contributed by atoms with E-state index in [9.17, 15) is 25.3 Å². The summed E-state index contributed by atoms with van der Waals surface area (Å²) >= 11 is 12.0. The van der Waals surface area contributed by atoms with E-state index in [1.165, 1.54) is 0 Å². The zero-order chi connectivity index (χ0) is 23.0. The Bertz CT molecular complexity index is 1430. The standard InChI is InChI=1S/C20H10Cl2N4O6/c21-14-3-1-10(6-15(14)22)20-24-16-7-12(2-4-18(16)32-20)23-9-11-5-13(25(28)29)8-17(19(11)27)26(30)31/h1-9,27H. The molecule has 0 amide bonds. The number of non-ortho nitro benzene ring substituents is 1. The molecule has 0 saturated carbocycles. The summed E-state index contributed by atoms with van der Waals surface area (Å²) in [4.78, 5) is 28.9. The van der Waals surface area contributed by atoms with Crippen molar-refractivity contribution in [2.24, 2.45) is 4.99 Å². The molecular weight excluding hydrogens is 463 g/mol. The molecule has 0 fully saturated rings. The molecule has 12 heteroatoms. The molecule has 0 atom stereocenters. The Hall–Kier alpha value is -4.02. The van der Waals surface area contributed by atoms with Gasteiger partial charge in [0, 0.05) is 23.4 Å². The fraction of sp³-hybridized carbons (Fsp3) is 0. The SMILES string of the molecule is O=[N+]([O-])c1cc(C=Nc2ccc3oc(-c4ccc(Cl)c(Cl)c4)nc3c2)c(O)c([N+](=O)[O-])c1. The molecule has 0 radical (unpaired) electrons. The van der Waals surface area contributed by atoms with Crippen LogP contribution in [0.3, 0.4) is 0 Å². The van der Waals surface area contributed by atoms with Crippen LogP contribution in [0.1, 0.15) is 5.56 Å². The zero-order valence-electron chi connectivity index (χ0n) is 15.7. The van der Waals surface area contributed by atoms with Crippen molar-refractivity contribution in [3.05, 3.63) is 84.4 Å². The molecule has 0 saturated heterocycles. The van der Waals surface area contributed by atoms with Crippen molar-refractivity contribution in [1.82, 2.24) is 4.98 Å². The predicted octanol–water partition coefficient (Wildman–Crippen LogP) is 6.07. The number of nitro benzene ring substituents is 2. The number of nitrogens with zero attached hydrogens (tertiary/aromatic N) is 4. The quantitative estimate of drug-likeness (QED) is 0.210. The number of rotatable bonds is 5. The lowest BCUT2D eigenvalue weighted by Gasteiger charge is -2.01. The minimum absolute atomic E-state index is 0.178. The van der Waals surface area contributed by atoms with Crippen LogP contribution in [0.2, 0.25) is 10.0 Å².